The molecular weight excluding hydrogens is 310 g/mol. The van der Waals surface area contributed by atoms with Crippen LogP contribution < -0.4 is 0 Å². The Bertz CT molecular complexity index is 652. The first kappa shape index (κ1) is 14.0. The van der Waals surface area contributed by atoms with Crippen LogP contribution in [0.1, 0.15) is 44.9 Å². The number of allylic oxidation sites excluding steroid dienone is 2. The number of imide groups is 1. The van der Waals surface area contributed by atoms with Gasteiger partial charge in [-0.15, -0.1) is 0 Å². The molecule has 0 N–H and O–H groups in total. The van der Waals surface area contributed by atoms with Crippen LogP contribution in [-0.4, -0.2) is 23.3 Å². The van der Waals surface area contributed by atoms with E-state index < -0.39 is 0 Å². The zero-order chi connectivity index (χ0) is 16.5. The van der Waals surface area contributed by atoms with Crippen LogP contribution in [0.15, 0.2) is 12.2 Å². The van der Waals surface area contributed by atoms with Crippen molar-refractivity contribution in [1.29, 1.82) is 0 Å². The molecule has 8 aliphatic carbocycles. The Morgan fingerprint density at radius 1 is 0.800 bits per heavy atom. The van der Waals surface area contributed by atoms with Crippen molar-refractivity contribution in [3.05, 3.63) is 12.2 Å². The van der Waals surface area contributed by atoms with E-state index in [2.05, 4.69) is 12.2 Å². The molecule has 1 aliphatic heterocycles. The minimum Gasteiger partial charge on any atom is -0.282 e. The molecule has 1 heterocycles. The van der Waals surface area contributed by atoms with E-state index >= 15 is 0 Å². The van der Waals surface area contributed by atoms with Gasteiger partial charge in [0.2, 0.25) is 11.8 Å². The van der Waals surface area contributed by atoms with E-state index in [0.29, 0.717) is 23.7 Å². The quantitative estimate of drug-likeness (QED) is 0.573. The highest BCUT2D eigenvalue weighted by Crippen LogP contribution is 2.66. The monoisotopic (exact) mass is 337 g/mol. The summed E-state index contributed by atoms with van der Waals surface area (Å²) in [7, 11) is 0. The molecule has 3 heteroatoms. The maximum atomic E-state index is 13.3. The van der Waals surface area contributed by atoms with E-state index in [1.165, 1.54) is 44.9 Å². The summed E-state index contributed by atoms with van der Waals surface area (Å²) < 4.78 is 0. The van der Waals surface area contributed by atoms with Crippen LogP contribution in [0, 0.1) is 58.7 Å². The van der Waals surface area contributed by atoms with Crippen LogP contribution in [0.4, 0.5) is 0 Å². The number of nitrogens with zero attached hydrogens (tertiary/aromatic N) is 1. The largest absolute Gasteiger partial charge is 0.282 e. The SMILES string of the molecule is O=C1C2C3C=CC(C4CC34)C2C(=O)N1CC12CC3CC(CC(C3)C1)C2. The Hall–Kier alpha value is -1.12. The maximum Gasteiger partial charge on any atom is 0.233 e. The first-order valence-electron chi connectivity index (χ1n) is 10.7. The van der Waals surface area contributed by atoms with Crippen LogP contribution >= 0.6 is 0 Å². The zero-order valence-corrected chi connectivity index (χ0v) is 14.8. The van der Waals surface area contributed by atoms with Crippen molar-refractivity contribution < 1.29 is 9.59 Å². The number of hydrogen-bond acceptors (Lipinski definition) is 2. The summed E-state index contributed by atoms with van der Waals surface area (Å²) in [6.07, 6.45) is 13.9. The van der Waals surface area contributed by atoms with E-state index in [1.807, 2.05) is 0 Å². The topological polar surface area (TPSA) is 37.4 Å². The van der Waals surface area contributed by atoms with Gasteiger partial charge in [0, 0.05) is 6.54 Å². The molecule has 0 aromatic carbocycles. The third kappa shape index (κ3) is 1.64. The van der Waals surface area contributed by atoms with Crippen LogP contribution in [0.3, 0.4) is 0 Å². The highest BCUT2D eigenvalue weighted by atomic mass is 16.2. The molecule has 3 nitrogen and oxygen atoms in total. The molecular formula is C22H27NO2. The fraction of sp³-hybridized carbons (Fsp3) is 0.818. The third-order valence-corrected chi connectivity index (χ3v) is 9.41. The fourth-order valence-electron chi connectivity index (χ4n) is 8.99. The second kappa shape index (κ2) is 4.23. The van der Waals surface area contributed by atoms with Gasteiger partial charge in [0.25, 0.3) is 0 Å². The van der Waals surface area contributed by atoms with Crippen LogP contribution in [-0.2, 0) is 9.59 Å². The lowest BCUT2D eigenvalue weighted by molar-refractivity contribution is -0.146. The van der Waals surface area contributed by atoms with Gasteiger partial charge in [0.1, 0.15) is 0 Å². The van der Waals surface area contributed by atoms with Crippen molar-refractivity contribution in [1.82, 2.24) is 4.90 Å². The molecule has 9 aliphatic rings. The lowest BCUT2D eigenvalue weighted by Gasteiger charge is -2.57. The average Bonchev–Trinajstić information content (AvgIpc) is 3.35. The number of likely N-dealkylation sites (tertiary alicyclic amines) is 1. The second-order valence-corrected chi connectivity index (χ2v) is 10.8. The van der Waals surface area contributed by atoms with Gasteiger partial charge >= 0.3 is 0 Å². The number of carbonyl (C=O) groups is 2. The molecule has 1 saturated heterocycles. The third-order valence-electron chi connectivity index (χ3n) is 9.41. The molecule has 6 bridgehead atoms. The Morgan fingerprint density at radius 3 is 1.76 bits per heavy atom. The summed E-state index contributed by atoms with van der Waals surface area (Å²) >= 11 is 0. The van der Waals surface area contributed by atoms with E-state index in [4.69, 9.17) is 0 Å². The van der Waals surface area contributed by atoms with Gasteiger partial charge in [0.05, 0.1) is 11.8 Å². The van der Waals surface area contributed by atoms with E-state index in [1.54, 1.807) is 4.90 Å². The molecule has 6 atom stereocenters. The molecule has 6 unspecified atom stereocenters. The average molecular weight is 337 g/mol. The number of rotatable bonds is 2. The summed E-state index contributed by atoms with van der Waals surface area (Å²) in [6, 6.07) is 0. The summed E-state index contributed by atoms with van der Waals surface area (Å²) in [5, 5.41) is 0. The number of carbonyl (C=O) groups excluding carboxylic acids is 2. The van der Waals surface area contributed by atoms with Gasteiger partial charge in [-0.1, -0.05) is 12.2 Å². The first-order chi connectivity index (χ1) is 12.1. The Morgan fingerprint density at radius 2 is 1.28 bits per heavy atom. The maximum absolute atomic E-state index is 13.3. The molecule has 25 heavy (non-hydrogen) atoms. The summed E-state index contributed by atoms with van der Waals surface area (Å²) in [6.45, 7) is 0.760. The predicted molar refractivity (Wildman–Crippen MR) is 92.0 cm³/mol. The predicted octanol–water partition coefficient (Wildman–Crippen LogP) is 3.26. The van der Waals surface area contributed by atoms with E-state index in [-0.39, 0.29) is 29.1 Å². The number of hydrogen-bond donors (Lipinski definition) is 0. The minimum absolute atomic E-state index is 0.000150. The van der Waals surface area contributed by atoms with Gasteiger partial charge in [-0.2, -0.15) is 0 Å². The highest BCUT2D eigenvalue weighted by Gasteiger charge is 2.67. The minimum atomic E-state index is 0.000150. The molecule has 2 amide bonds. The van der Waals surface area contributed by atoms with Crippen molar-refractivity contribution in [3.8, 4) is 0 Å². The van der Waals surface area contributed by atoms with Crippen LogP contribution in [0.25, 0.3) is 0 Å². The Balaban J connectivity index is 1.21. The standard InChI is InChI=1S/C22H27NO2/c24-20-18-14-1-2-15(17-6-16(14)17)19(18)21(25)23(20)10-22-7-11-3-12(8-22)5-13(4-11)9-22/h1-2,11-19H,3-10H2. The van der Waals surface area contributed by atoms with Gasteiger partial charge < -0.3 is 0 Å². The lowest BCUT2D eigenvalue weighted by Crippen LogP contribution is -2.52. The lowest BCUT2D eigenvalue weighted by atomic mass is 9.49. The van der Waals surface area contributed by atoms with Crippen LogP contribution in [0.2, 0.25) is 0 Å². The molecule has 0 spiro atoms. The van der Waals surface area contributed by atoms with Gasteiger partial charge in [-0.3, -0.25) is 14.5 Å². The number of amides is 2. The smallest absolute Gasteiger partial charge is 0.233 e. The summed E-state index contributed by atoms with van der Waals surface area (Å²) in [4.78, 5) is 28.4. The van der Waals surface area contributed by atoms with Crippen LogP contribution in [0.5, 0.6) is 0 Å². The molecule has 0 radical (unpaired) electrons. The van der Waals surface area contributed by atoms with E-state index in [0.717, 1.165) is 24.3 Å². The molecule has 132 valence electrons. The molecule has 9 rings (SSSR count). The Kier molecular flexibility index (Phi) is 2.37. The van der Waals surface area contributed by atoms with Crippen molar-refractivity contribution in [2.45, 2.75) is 44.9 Å². The van der Waals surface area contributed by atoms with Crippen molar-refractivity contribution in [2.24, 2.45) is 58.7 Å². The molecule has 0 aromatic heterocycles. The normalized spacial score (nSPS) is 59.5. The highest BCUT2D eigenvalue weighted by molar-refractivity contribution is 6.06. The zero-order valence-electron chi connectivity index (χ0n) is 14.8. The van der Waals surface area contributed by atoms with Crippen molar-refractivity contribution >= 4 is 11.8 Å². The second-order valence-electron chi connectivity index (χ2n) is 10.8. The van der Waals surface area contributed by atoms with Crippen molar-refractivity contribution in [3.63, 3.8) is 0 Å². The fourth-order valence-corrected chi connectivity index (χ4v) is 8.99. The first-order valence-corrected chi connectivity index (χ1v) is 10.7. The van der Waals surface area contributed by atoms with Gasteiger partial charge in [0.15, 0.2) is 0 Å². The molecule has 6 saturated carbocycles. The molecule has 0 aromatic rings. The van der Waals surface area contributed by atoms with Crippen molar-refractivity contribution in [2.75, 3.05) is 6.54 Å². The molecule has 7 fully saturated rings. The summed E-state index contributed by atoms with van der Waals surface area (Å²) in [5.74, 6) is 5.23. The Labute approximate surface area is 149 Å². The summed E-state index contributed by atoms with van der Waals surface area (Å²) in [5.41, 5.74) is 0.281. The van der Waals surface area contributed by atoms with E-state index in [9.17, 15) is 9.59 Å². The van der Waals surface area contributed by atoms with Gasteiger partial charge in [-0.05, 0) is 91.8 Å². The van der Waals surface area contributed by atoms with Gasteiger partial charge in [-0.25, -0.2) is 0 Å².